The van der Waals surface area contributed by atoms with E-state index in [1.54, 1.807) is 24.0 Å². The van der Waals surface area contributed by atoms with Crippen molar-refractivity contribution in [3.63, 3.8) is 0 Å². The van der Waals surface area contributed by atoms with Crippen LogP contribution in [-0.2, 0) is 9.53 Å². The molecule has 1 unspecified atom stereocenters. The minimum atomic E-state index is -0.656. The third-order valence-corrected chi connectivity index (χ3v) is 4.36. The van der Waals surface area contributed by atoms with Crippen LogP contribution in [0.4, 0.5) is 4.79 Å². The topological polar surface area (TPSA) is 101 Å². The third kappa shape index (κ3) is 5.24. The summed E-state index contributed by atoms with van der Waals surface area (Å²) in [6.07, 6.45) is 2.19. The van der Waals surface area contributed by atoms with Gasteiger partial charge in [0.25, 0.3) is 5.91 Å². The lowest BCUT2D eigenvalue weighted by atomic mass is 10.0. The molecule has 1 aliphatic rings. The highest BCUT2D eigenvalue weighted by atomic mass is 16.5. The second-order valence-corrected chi connectivity index (χ2v) is 6.64. The van der Waals surface area contributed by atoms with Crippen LogP contribution in [0.1, 0.15) is 44.2 Å². The monoisotopic (exact) mass is 365 g/mol. The van der Waals surface area contributed by atoms with E-state index in [0.717, 1.165) is 0 Å². The van der Waals surface area contributed by atoms with Crippen molar-refractivity contribution in [1.82, 2.24) is 15.5 Å². The number of likely N-dealkylation sites (tertiary alicyclic amines) is 1. The van der Waals surface area contributed by atoms with Crippen molar-refractivity contribution in [2.24, 2.45) is 5.92 Å². The maximum Gasteiger partial charge on any atom is 0.407 e. The molecule has 1 aromatic heterocycles. The summed E-state index contributed by atoms with van der Waals surface area (Å²) >= 11 is 0. The molecular formula is C18H27N3O5. The van der Waals surface area contributed by atoms with E-state index in [-0.39, 0.29) is 30.4 Å². The Kier molecular flexibility index (Phi) is 7.06. The van der Waals surface area contributed by atoms with Crippen molar-refractivity contribution in [3.8, 4) is 0 Å². The number of hydrogen-bond donors (Lipinski definition) is 2. The van der Waals surface area contributed by atoms with Crippen LogP contribution < -0.4 is 10.6 Å². The van der Waals surface area contributed by atoms with Gasteiger partial charge in [0.1, 0.15) is 6.04 Å². The van der Waals surface area contributed by atoms with Gasteiger partial charge in [0.2, 0.25) is 5.91 Å². The van der Waals surface area contributed by atoms with Crippen LogP contribution in [0.2, 0.25) is 0 Å². The number of carbonyl (C=O) groups excluding carboxylic acids is 3. The number of ether oxygens (including phenoxy) is 1. The number of nitrogens with one attached hydrogen (secondary N) is 2. The van der Waals surface area contributed by atoms with Crippen LogP contribution in [0.25, 0.3) is 0 Å². The molecule has 8 heteroatoms. The van der Waals surface area contributed by atoms with E-state index in [2.05, 4.69) is 10.6 Å². The van der Waals surface area contributed by atoms with Crippen molar-refractivity contribution in [2.75, 3.05) is 19.7 Å². The number of hydrogen-bond acceptors (Lipinski definition) is 5. The molecule has 2 heterocycles. The molecule has 1 atom stereocenters. The van der Waals surface area contributed by atoms with Gasteiger partial charge in [0.05, 0.1) is 12.9 Å². The summed E-state index contributed by atoms with van der Waals surface area (Å²) in [6.45, 7) is 6.77. The number of piperidine rings is 1. The molecule has 1 saturated heterocycles. The van der Waals surface area contributed by atoms with Gasteiger partial charge < -0.3 is 24.7 Å². The predicted molar refractivity (Wildman–Crippen MR) is 94.6 cm³/mol. The highest BCUT2D eigenvalue weighted by molar-refractivity contribution is 5.91. The van der Waals surface area contributed by atoms with Crippen LogP contribution in [0, 0.1) is 5.92 Å². The SMILES string of the molecule is CCOC(=O)NC(C(=O)NC1CCN(C(=O)c2ccco2)CC1)C(C)C. The number of rotatable bonds is 6. The fourth-order valence-electron chi connectivity index (χ4n) is 2.91. The van der Waals surface area contributed by atoms with Crippen LogP contribution in [0.5, 0.6) is 0 Å². The van der Waals surface area contributed by atoms with Crippen molar-refractivity contribution < 1.29 is 23.5 Å². The summed E-state index contributed by atoms with van der Waals surface area (Å²) in [7, 11) is 0. The number of carbonyl (C=O) groups is 3. The largest absolute Gasteiger partial charge is 0.459 e. The van der Waals surface area contributed by atoms with Crippen molar-refractivity contribution >= 4 is 17.9 Å². The van der Waals surface area contributed by atoms with E-state index < -0.39 is 12.1 Å². The summed E-state index contributed by atoms with van der Waals surface area (Å²) in [5.74, 6) is -0.112. The molecule has 1 aliphatic heterocycles. The number of furan rings is 1. The van der Waals surface area contributed by atoms with Gasteiger partial charge in [0, 0.05) is 19.1 Å². The third-order valence-electron chi connectivity index (χ3n) is 4.36. The van der Waals surface area contributed by atoms with Crippen LogP contribution in [0.15, 0.2) is 22.8 Å². The molecule has 0 bridgehead atoms. The Morgan fingerprint density at radius 2 is 2.00 bits per heavy atom. The molecule has 144 valence electrons. The Balaban J connectivity index is 1.84. The number of nitrogens with zero attached hydrogens (tertiary/aromatic N) is 1. The first kappa shape index (κ1) is 19.8. The lowest BCUT2D eigenvalue weighted by Gasteiger charge is -2.33. The lowest BCUT2D eigenvalue weighted by molar-refractivity contribution is -0.125. The highest BCUT2D eigenvalue weighted by Crippen LogP contribution is 2.15. The molecule has 0 radical (unpaired) electrons. The summed E-state index contributed by atoms with van der Waals surface area (Å²) in [5.41, 5.74) is 0. The smallest absolute Gasteiger partial charge is 0.407 e. The Bertz CT molecular complexity index is 606. The Morgan fingerprint density at radius 3 is 2.54 bits per heavy atom. The summed E-state index contributed by atoms with van der Waals surface area (Å²) in [5, 5.41) is 5.57. The standard InChI is InChI=1S/C18H27N3O5/c1-4-25-18(24)20-15(12(2)3)16(22)19-13-7-9-21(10-8-13)17(23)14-6-5-11-26-14/h5-6,11-13,15H,4,7-10H2,1-3H3,(H,19,22)(H,20,24). The second-order valence-electron chi connectivity index (χ2n) is 6.64. The molecule has 26 heavy (non-hydrogen) atoms. The van der Waals surface area contributed by atoms with Crippen molar-refractivity contribution in [3.05, 3.63) is 24.2 Å². The molecule has 0 saturated carbocycles. The quantitative estimate of drug-likeness (QED) is 0.800. The predicted octanol–water partition coefficient (Wildman–Crippen LogP) is 1.77. The first-order chi connectivity index (χ1) is 12.4. The second kappa shape index (κ2) is 9.26. The van der Waals surface area contributed by atoms with E-state index in [1.807, 2.05) is 13.8 Å². The van der Waals surface area contributed by atoms with E-state index in [0.29, 0.717) is 31.7 Å². The Hall–Kier alpha value is -2.51. The van der Waals surface area contributed by atoms with Crippen molar-refractivity contribution in [2.45, 2.75) is 45.7 Å². The van der Waals surface area contributed by atoms with E-state index >= 15 is 0 Å². The van der Waals surface area contributed by atoms with Gasteiger partial charge in [-0.25, -0.2) is 4.79 Å². The fraction of sp³-hybridized carbons (Fsp3) is 0.611. The fourth-order valence-corrected chi connectivity index (χ4v) is 2.91. The summed E-state index contributed by atoms with van der Waals surface area (Å²) in [4.78, 5) is 38.1. The molecular weight excluding hydrogens is 338 g/mol. The van der Waals surface area contributed by atoms with E-state index in [9.17, 15) is 14.4 Å². The Labute approximate surface area is 153 Å². The first-order valence-electron chi connectivity index (χ1n) is 8.98. The van der Waals surface area contributed by atoms with Gasteiger partial charge in [-0.05, 0) is 37.8 Å². The minimum Gasteiger partial charge on any atom is -0.459 e. The summed E-state index contributed by atoms with van der Waals surface area (Å²) < 4.78 is 10.00. The van der Waals surface area contributed by atoms with Gasteiger partial charge >= 0.3 is 6.09 Å². The van der Waals surface area contributed by atoms with Gasteiger partial charge in [-0.2, -0.15) is 0 Å². The van der Waals surface area contributed by atoms with Gasteiger partial charge in [-0.15, -0.1) is 0 Å². The maximum absolute atomic E-state index is 12.5. The zero-order valence-electron chi connectivity index (χ0n) is 15.5. The zero-order valence-corrected chi connectivity index (χ0v) is 15.5. The first-order valence-corrected chi connectivity index (χ1v) is 8.98. The normalized spacial score (nSPS) is 16.2. The molecule has 1 aromatic rings. The molecule has 8 nitrogen and oxygen atoms in total. The molecule has 2 N–H and O–H groups in total. The molecule has 0 aromatic carbocycles. The minimum absolute atomic E-state index is 0.0339. The summed E-state index contributed by atoms with van der Waals surface area (Å²) in [6, 6.07) is 2.64. The lowest BCUT2D eigenvalue weighted by Crippen LogP contribution is -2.54. The van der Waals surface area contributed by atoms with E-state index in [4.69, 9.17) is 9.15 Å². The van der Waals surface area contributed by atoms with Crippen LogP contribution in [0.3, 0.4) is 0 Å². The maximum atomic E-state index is 12.5. The zero-order chi connectivity index (χ0) is 19.1. The van der Waals surface area contributed by atoms with Crippen LogP contribution >= 0.6 is 0 Å². The molecule has 2 rings (SSSR count). The van der Waals surface area contributed by atoms with E-state index in [1.165, 1.54) is 6.26 Å². The molecule has 3 amide bonds. The van der Waals surface area contributed by atoms with Gasteiger partial charge in [-0.3, -0.25) is 9.59 Å². The number of amides is 3. The average molecular weight is 365 g/mol. The van der Waals surface area contributed by atoms with Crippen molar-refractivity contribution in [1.29, 1.82) is 0 Å². The molecule has 0 aliphatic carbocycles. The van der Waals surface area contributed by atoms with Crippen LogP contribution in [-0.4, -0.2) is 54.6 Å². The molecule has 0 spiro atoms. The Morgan fingerprint density at radius 1 is 1.31 bits per heavy atom. The number of alkyl carbamates (subject to hydrolysis) is 1. The average Bonchev–Trinajstić information content (AvgIpc) is 3.14. The van der Waals surface area contributed by atoms with Gasteiger partial charge in [0.15, 0.2) is 5.76 Å². The van der Waals surface area contributed by atoms with Gasteiger partial charge in [-0.1, -0.05) is 13.8 Å². The molecule has 1 fully saturated rings. The highest BCUT2D eigenvalue weighted by Gasteiger charge is 2.29.